The molecule has 0 aliphatic carbocycles. The number of aliphatic hydroxyl groups is 7. The van der Waals surface area contributed by atoms with Crippen molar-refractivity contribution in [2.45, 2.75) is 54.4 Å². The molecule has 2 aliphatic heterocycles. The van der Waals surface area contributed by atoms with Crippen molar-refractivity contribution in [1.82, 2.24) is 0 Å². The lowest BCUT2D eigenvalue weighted by Gasteiger charge is -2.40. The summed E-state index contributed by atoms with van der Waals surface area (Å²) in [5.74, 6) is -0.962. The molecule has 0 saturated carbocycles. The summed E-state index contributed by atoms with van der Waals surface area (Å²) in [6.45, 7) is -2.73. The highest BCUT2D eigenvalue weighted by molar-refractivity contribution is 5.90. The van der Waals surface area contributed by atoms with Crippen molar-refractivity contribution < 1.29 is 69.3 Å². The molecule has 2 heterocycles. The summed E-state index contributed by atoms with van der Waals surface area (Å²) >= 11 is 0. The lowest BCUT2D eigenvalue weighted by molar-refractivity contribution is -0.244. The zero-order chi connectivity index (χ0) is 26.6. The molecule has 36 heavy (non-hydrogen) atoms. The minimum atomic E-state index is -1.75. The van der Waals surface area contributed by atoms with E-state index in [4.69, 9.17) is 23.7 Å². The Morgan fingerprint density at radius 1 is 0.972 bits per heavy atom. The number of hydrogen-bond donors (Lipinski definition) is 8. The molecule has 204 valence electrons. The second-order valence-corrected chi connectivity index (χ2v) is 8.68. The number of methoxy groups -OCH3 is 1. The number of carbonyl (C=O) groups excluding carboxylic acids is 1. The molecule has 0 bridgehead atoms. The van der Waals surface area contributed by atoms with Crippen LogP contribution in [0.1, 0.15) is 10.4 Å². The average molecular weight is 520 g/mol. The molecule has 0 spiro atoms. The van der Waals surface area contributed by atoms with Crippen LogP contribution in [0, 0.1) is 0 Å². The Morgan fingerprint density at radius 3 is 2.22 bits per heavy atom. The first-order chi connectivity index (χ1) is 17.1. The van der Waals surface area contributed by atoms with Gasteiger partial charge in [-0.3, -0.25) is 0 Å². The summed E-state index contributed by atoms with van der Waals surface area (Å²) in [5, 5.41) is 79.6. The van der Waals surface area contributed by atoms with E-state index in [0.717, 1.165) is 0 Å². The fourth-order valence-electron chi connectivity index (χ4n) is 4.09. The molecular weight excluding hydrogens is 488 g/mol. The number of rotatable bonds is 10. The van der Waals surface area contributed by atoms with Crippen LogP contribution in [0.2, 0.25) is 0 Å². The van der Waals surface area contributed by atoms with E-state index in [2.05, 4.69) is 0 Å². The first-order valence-corrected chi connectivity index (χ1v) is 11.2. The van der Waals surface area contributed by atoms with Crippen molar-refractivity contribution in [3.05, 3.63) is 23.8 Å². The van der Waals surface area contributed by atoms with E-state index in [1.807, 2.05) is 0 Å². The van der Waals surface area contributed by atoms with Gasteiger partial charge in [-0.1, -0.05) is 0 Å². The summed E-state index contributed by atoms with van der Waals surface area (Å²) in [6.07, 6.45) is -11.5. The van der Waals surface area contributed by atoms with Gasteiger partial charge >= 0.3 is 5.97 Å². The zero-order valence-electron chi connectivity index (χ0n) is 19.4. The quantitative estimate of drug-likeness (QED) is 0.139. The van der Waals surface area contributed by atoms with Crippen LogP contribution in [-0.4, -0.2) is 141 Å². The molecule has 1 aromatic carbocycles. The Balaban J connectivity index is 1.58. The number of aromatic hydroxyl groups is 1. The van der Waals surface area contributed by atoms with Gasteiger partial charge in [-0.15, -0.1) is 0 Å². The summed E-state index contributed by atoms with van der Waals surface area (Å²) in [5.41, 5.74) is -1.70. The third-order valence-corrected chi connectivity index (χ3v) is 6.31. The van der Waals surface area contributed by atoms with Crippen molar-refractivity contribution in [2.75, 3.05) is 40.1 Å². The van der Waals surface area contributed by atoms with Crippen LogP contribution in [0.3, 0.4) is 0 Å². The maximum Gasteiger partial charge on any atom is 0.338 e. The molecule has 0 radical (unpaired) electrons. The van der Waals surface area contributed by atoms with E-state index in [1.165, 1.54) is 25.3 Å². The molecule has 1 aromatic rings. The fourth-order valence-corrected chi connectivity index (χ4v) is 4.09. The monoisotopic (exact) mass is 520 g/mol. The normalized spacial score (nSPS) is 36.6. The van der Waals surface area contributed by atoms with E-state index in [9.17, 15) is 45.6 Å². The van der Waals surface area contributed by atoms with Crippen LogP contribution in [-0.2, 0) is 18.9 Å². The minimum Gasteiger partial charge on any atom is -0.504 e. The number of carbonyl (C=O) groups is 1. The standard InChI is InChI=1S/C22H32O14/c1-32-12-4-10(2-3-11(12)25)21(31)34-7-15-17(27)19(29)16(26)14(35-15)6-33-9-22(8-24)20(30)18(28)13(5-23)36-22/h2-4,13-20,23-30H,5-9H2,1H3/t13-,14-,15-,16+,17-,18-,19-,20+,22+/m1/s1. The number of benzene rings is 1. The van der Waals surface area contributed by atoms with Crippen LogP contribution in [0.25, 0.3) is 0 Å². The summed E-state index contributed by atoms with van der Waals surface area (Å²) < 4.78 is 26.5. The topological polar surface area (TPSA) is 225 Å². The lowest BCUT2D eigenvalue weighted by Crippen LogP contribution is -2.60. The first kappa shape index (κ1) is 28.5. The van der Waals surface area contributed by atoms with Crippen LogP contribution >= 0.6 is 0 Å². The van der Waals surface area contributed by atoms with Crippen LogP contribution < -0.4 is 4.74 Å². The molecule has 0 unspecified atom stereocenters. The Bertz CT molecular complexity index is 882. The van der Waals surface area contributed by atoms with E-state index >= 15 is 0 Å². The lowest BCUT2D eigenvalue weighted by atomic mass is 9.95. The Labute approximate surface area is 205 Å². The molecule has 0 amide bonds. The van der Waals surface area contributed by atoms with Gasteiger partial charge in [0.1, 0.15) is 61.0 Å². The fraction of sp³-hybridized carbons (Fsp3) is 0.682. The zero-order valence-corrected chi connectivity index (χ0v) is 19.4. The summed E-state index contributed by atoms with van der Waals surface area (Å²) in [7, 11) is 1.31. The Hall–Kier alpha value is -2.11. The highest BCUT2D eigenvalue weighted by Gasteiger charge is 2.54. The predicted molar refractivity (Wildman–Crippen MR) is 116 cm³/mol. The smallest absolute Gasteiger partial charge is 0.338 e. The van der Waals surface area contributed by atoms with Crippen molar-refractivity contribution in [3.63, 3.8) is 0 Å². The van der Waals surface area contributed by atoms with Gasteiger partial charge in [0, 0.05) is 0 Å². The number of hydrogen-bond acceptors (Lipinski definition) is 14. The van der Waals surface area contributed by atoms with E-state index in [-0.39, 0.29) is 17.1 Å². The third kappa shape index (κ3) is 5.73. The maximum absolute atomic E-state index is 12.4. The predicted octanol–water partition coefficient (Wildman–Crippen LogP) is -3.73. The van der Waals surface area contributed by atoms with Crippen molar-refractivity contribution in [2.24, 2.45) is 0 Å². The van der Waals surface area contributed by atoms with Crippen LogP contribution in [0.5, 0.6) is 11.5 Å². The Morgan fingerprint density at radius 2 is 1.64 bits per heavy atom. The molecule has 2 saturated heterocycles. The van der Waals surface area contributed by atoms with Crippen LogP contribution in [0.4, 0.5) is 0 Å². The molecule has 9 atom stereocenters. The van der Waals surface area contributed by atoms with Crippen molar-refractivity contribution >= 4 is 5.97 Å². The third-order valence-electron chi connectivity index (χ3n) is 6.31. The molecule has 0 aromatic heterocycles. The van der Waals surface area contributed by atoms with Crippen molar-refractivity contribution in [1.29, 1.82) is 0 Å². The average Bonchev–Trinajstić information content (AvgIpc) is 3.13. The molecular formula is C22H32O14. The number of phenols is 1. The molecule has 3 rings (SSSR count). The van der Waals surface area contributed by atoms with Gasteiger partial charge < -0.3 is 64.5 Å². The number of ether oxygens (including phenoxy) is 5. The second-order valence-electron chi connectivity index (χ2n) is 8.68. The second kappa shape index (κ2) is 12.0. The van der Waals surface area contributed by atoms with E-state index < -0.39 is 93.4 Å². The molecule has 14 heteroatoms. The van der Waals surface area contributed by atoms with Gasteiger partial charge in [0.25, 0.3) is 0 Å². The number of esters is 1. The molecule has 2 aliphatic rings. The van der Waals surface area contributed by atoms with Gasteiger partial charge in [-0.2, -0.15) is 0 Å². The van der Waals surface area contributed by atoms with Crippen LogP contribution in [0.15, 0.2) is 18.2 Å². The van der Waals surface area contributed by atoms with E-state index in [1.54, 1.807) is 0 Å². The summed E-state index contributed by atoms with van der Waals surface area (Å²) in [6, 6.07) is 3.78. The molecule has 14 nitrogen and oxygen atoms in total. The SMILES string of the molecule is COc1cc(C(=O)OC[C@H]2O[C@H](COC[C@]3(CO)O[C@H](CO)[C@@H](O)[C@@H]3O)[C@H](O)[C@@H](O)[C@@H]2O)ccc1O. The van der Waals surface area contributed by atoms with Gasteiger partial charge in [0.15, 0.2) is 11.5 Å². The Kier molecular flexibility index (Phi) is 9.45. The summed E-state index contributed by atoms with van der Waals surface area (Å²) in [4.78, 5) is 12.4. The maximum atomic E-state index is 12.4. The minimum absolute atomic E-state index is 0.0446. The first-order valence-electron chi connectivity index (χ1n) is 11.2. The highest BCUT2D eigenvalue weighted by atomic mass is 16.6. The van der Waals surface area contributed by atoms with E-state index in [0.29, 0.717) is 0 Å². The molecule has 2 fully saturated rings. The van der Waals surface area contributed by atoms with Gasteiger partial charge in [0.05, 0.1) is 39.1 Å². The number of phenolic OH excluding ortho intramolecular Hbond substituents is 1. The van der Waals surface area contributed by atoms with Gasteiger partial charge in [-0.25, -0.2) is 4.79 Å². The largest absolute Gasteiger partial charge is 0.504 e. The number of aliphatic hydroxyl groups excluding tert-OH is 7. The van der Waals surface area contributed by atoms with Gasteiger partial charge in [0.2, 0.25) is 0 Å². The molecule has 8 N–H and O–H groups in total. The van der Waals surface area contributed by atoms with Gasteiger partial charge in [-0.05, 0) is 18.2 Å². The highest BCUT2D eigenvalue weighted by Crippen LogP contribution is 2.32. The van der Waals surface area contributed by atoms with Crippen molar-refractivity contribution in [3.8, 4) is 11.5 Å².